The van der Waals surface area contributed by atoms with Crippen molar-refractivity contribution in [3.8, 4) is 0 Å². The van der Waals surface area contributed by atoms with E-state index in [1.54, 1.807) is 0 Å². The summed E-state index contributed by atoms with van der Waals surface area (Å²) in [4.78, 5) is 11.3. The van der Waals surface area contributed by atoms with Gasteiger partial charge in [-0.15, -0.1) is 0 Å². The van der Waals surface area contributed by atoms with Crippen LogP contribution in [-0.2, 0) is 4.74 Å². The van der Waals surface area contributed by atoms with Gasteiger partial charge in [-0.2, -0.15) is 0 Å². The monoisotopic (exact) mass is 215 g/mol. The molecule has 1 aromatic rings. The number of carbonyl (C=O) groups excluding carboxylic acids is 1. The molecule has 1 N–H and O–H groups in total. The number of methoxy groups -OCH3 is 1. The van der Waals surface area contributed by atoms with Crippen molar-refractivity contribution in [1.29, 1.82) is 0 Å². The maximum atomic E-state index is 13.1. The number of hydrogen-bond acceptors (Lipinski definition) is 2. The molecule has 0 radical (unpaired) electrons. The highest BCUT2D eigenvalue weighted by Crippen LogP contribution is 2.08. The van der Waals surface area contributed by atoms with Crippen LogP contribution in [0.1, 0.15) is 10.4 Å². The topological polar surface area (TPSA) is 38.3 Å². The first-order chi connectivity index (χ1) is 7.15. The highest BCUT2D eigenvalue weighted by atomic mass is 19.1. The van der Waals surface area contributed by atoms with Crippen LogP contribution in [0.4, 0.5) is 8.78 Å². The fourth-order valence-corrected chi connectivity index (χ4v) is 1.04. The Morgan fingerprint density at radius 3 is 2.80 bits per heavy atom. The van der Waals surface area contributed by atoms with Gasteiger partial charge in [0.1, 0.15) is 11.6 Å². The van der Waals surface area contributed by atoms with Gasteiger partial charge in [0.25, 0.3) is 5.91 Å². The van der Waals surface area contributed by atoms with E-state index in [1.165, 1.54) is 7.11 Å². The lowest BCUT2D eigenvalue weighted by Gasteiger charge is -2.05. The molecule has 5 heteroatoms. The summed E-state index contributed by atoms with van der Waals surface area (Å²) < 4.78 is 30.3. The minimum Gasteiger partial charge on any atom is -0.383 e. The summed E-state index contributed by atoms with van der Waals surface area (Å²) in [5, 5.41) is 2.43. The molecule has 0 saturated heterocycles. The van der Waals surface area contributed by atoms with Crippen LogP contribution in [0.25, 0.3) is 0 Å². The number of rotatable bonds is 4. The molecule has 1 aromatic carbocycles. The molecule has 0 fully saturated rings. The van der Waals surface area contributed by atoms with Crippen molar-refractivity contribution in [1.82, 2.24) is 5.32 Å². The highest BCUT2D eigenvalue weighted by Gasteiger charge is 2.11. The van der Waals surface area contributed by atoms with E-state index >= 15 is 0 Å². The van der Waals surface area contributed by atoms with Crippen molar-refractivity contribution in [2.75, 3.05) is 20.3 Å². The lowest BCUT2D eigenvalue weighted by atomic mass is 10.2. The molecule has 0 aromatic heterocycles. The molecule has 0 heterocycles. The maximum absolute atomic E-state index is 13.1. The van der Waals surface area contributed by atoms with Gasteiger partial charge in [-0.05, 0) is 12.1 Å². The molecule has 0 saturated carbocycles. The summed E-state index contributed by atoms with van der Waals surface area (Å²) in [6, 6.07) is 2.81. The van der Waals surface area contributed by atoms with E-state index in [1.807, 2.05) is 0 Å². The SMILES string of the molecule is COCCNC(=O)c1ccc(F)cc1F. The lowest BCUT2D eigenvalue weighted by Crippen LogP contribution is -2.27. The Hall–Kier alpha value is -1.49. The van der Waals surface area contributed by atoms with E-state index in [-0.39, 0.29) is 12.1 Å². The van der Waals surface area contributed by atoms with Crippen molar-refractivity contribution in [2.45, 2.75) is 0 Å². The molecular weight excluding hydrogens is 204 g/mol. The summed E-state index contributed by atoms with van der Waals surface area (Å²) in [6.45, 7) is 0.626. The fraction of sp³-hybridized carbons (Fsp3) is 0.300. The van der Waals surface area contributed by atoms with Crippen LogP contribution in [0, 0.1) is 11.6 Å². The zero-order valence-corrected chi connectivity index (χ0v) is 8.22. The van der Waals surface area contributed by atoms with Crippen LogP contribution >= 0.6 is 0 Å². The molecule has 1 amide bonds. The average molecular weight is 215 g/mol. The molecule has 0 bridgehead atoms. The Bertz CT molecular complexity index is 355. The van der Waals surface area contributed by atoms with Crippen LogP contribution in [0.3, 0.4) is 0 Å². The summed E-state index contributed by atoms with van der Waals surface area (Å²) in [6.07, 6.45) is 0. The second kappa shape index (κ2) is 5.41. The largest absolute Gasteiger partial charge is 0.383 e. The molecule has 0 atom stereocenters. The van der Waals surface area contributed by atoms with E-state index in [2.05, 4.69) is 5.32 Å². The van der Waals surface area contributed by atoms with Gasteiger partial charge in [-0.1, -0.05) is 0 Å². The Kier molecular flexibility index (Phi) is 4.17. The fourth-order valence-electron chi connectivity index (χ4n) is 1.04. The Labute approximate surface area is 86.0 Å². The first kappa shape index (κ1) is 11.6. The Morgan fingerprint density at radius 2 is 2.20 bits per heavy atom. The predicted octanol–water partition coefficient (Wildman–Crippen LogP) is 1.34. The molecule has 0 aliphatic rings. The molecular formula is C10H11F2NO2. The molecule has 1 rings (SSSR count). The van der Waals surface area contributed by atoms with Gasteiger partial charge in [-0.3, -0.25) is 4.79 Å². The van der Waals surface area contributed by atoms with Crippen LogP contribution in [0.5, 0.6) is 0 Å². The molecule has 15 heavy (non-hydrogen) atoms. The van der Waals surface area contributed by atoms with Crippen LogP contribution < -0.4 is 5.32 Å². The van der Waals surface area contributed by atoms with Crippen LogP contribution in [0.15, 0.2) is 18.2 Å². The van der Waals surface area contributed by atoms with E-state index in [9.17, 15) is 13.6 Å². The van der Waals surface area contributed by atoms with Gasteiger partial charge in [-0.25, -0.2) is 8.78 Å². The van der Waals surface area contributed by atoms with Gasteiger partial charge in [0.2, 0.25) is 0 Å². The molecule has 82 valence electrons. The second-order valence-electron chi connectivity index (χ2n) is 2.87. The molecule has 3 nitrogen and oxygen atoms in total. The van der Waals surface area contributed by atoms with Crippen molar-refractivity contribution >= 4 is 5.91 Å². The Balaban J connectivity index is 2.65. The molecule has 0 spiro atoms. The maximum Gasteiger partial charge on any atom is 0.254 e. The molecule has 0 aliphatic heterocycles. The van der Waals surface area contributed by atoms with E-state index in [4.69, 9.17) is 4.74 Å². The van der Waals surface area contributed by atoms with Crippen LogP contribution in [0.2, 0.25) is 0 Å². The summed E-state index contributed by atoms with van der Waals surface area (Å²) in [5.41, 5.74) is -0.174. The van der Waals surface area contributed by atoms with Crippen molar-refractivity contribution < 1.29 is 18.3 Å². The lowest BCUT2D eigenvalue weighted by molar-refractivity contribution is 0.0933. The first-order valence-corrected chi connectivity index (χ1v) is 4.37. The smallest absolute Gasteiger partial charge is 0.254 e. The van der Waals surface area contributed by atoms with Gasteiger partial charge in [0, 0.05) is 19.7 Å². The summed E-state index contributed by atoms with van der Waals surface area (Å²) >= 11 is 0. The van der Waals surface area contributed by atoms with Gasteiger partial charge >= 0.3 is 0 Å². The highest BCUT2D eigenvalue weighted by molar-refractivity contribution is 5.94. The summed E-state index contributed by atoms with van der Waals surface area (Å²) in [5.74, 6) is -2.16. The van der Waals surface area contributed by atoms with Gasteiger partial charge in [0.15, 0.2) is 0 Å². The number of carbonyl (C=O) groups is 1. The number of halogens is 2. The number of nitrogens with one attached hydrogen (secondary N) is 1. The minimum absolute atomic E-state index is 0.174. The molecule has 0 unspecified atom stereocenters. The minimum atomic E-state index is -0.870. The van der Waals surface area contributed by atoms with E-state index in [0.29, 0.717) is 12.7 Å². The van der Waals surface area contributed by atoms with E-state index in [0.717, 1.165) is 12.1 Å². The average Bonchev–Trinajstić information content (AvgIpc) is 2.17. The van der Waals surface area contributed by atoms with E-state index < -0.39 is 17.5 Å². The third-order valence-corrected chi connectivity index (χ3v) is 1.77. The van der Waals surface area contributed by atoms with Gasteiger partial charge in [0.05, 0.1) is 12.2 Å². The first-order valence-electron chi connectivity index (χ1n) is 4.37. The number of hydrogen-bond donors (Lipinski definition) is 1. The third kappa shape index (κ3) is 3.28. The summed E-state index contributed by atoms with van der Waals surface area (Å²) in [7, 11) is 1.49. The zero-order chi connectivity index (χ0) is 11.3. The molecule has 0 aliphatic carbocycles. The number of amides is 1. The normalized spacial score (nSPS) is 10.1. The quantitative estimate of drug-likeness (QED) is 0.770. The Morgan fingerprint density at radius 1 is 1.47 bits per heavy atom. The van der Waals surface area contributed by atoms with Gasteiger partial charge < -0.3 is 10.1 Å². The standard InChI is InChI=1S/C10H11F2NO2/c1-15-5-4-13-10(14)8-3-2-7(11)6-9(8)12/h2-3,6H,4-5H2,1H3,(H,13,14). The van der Waals surface area contributed by atoms with Crippen molar-refractivity contribution in [3.63, 3.8) is 0 Å². The zero-order valence-electron chi connectivity index (χ0n) is 8.22. The predicted molar refractivity (Wildman–Crippen MR) is 50.6 cm³/mol. The van der Waals surface area contributed by atoms with Crippen LogP contribution in [-0.4, -0.2) is 26.2 Å². The van der Waals surface area contributed by atoms with Crippen molar-refractivity contribution in [3.05, 3.63) is 35.4 Å². The third-order valence-electron chi connectivity index (χ3n) is 1.77. The van der Waals surface area contributed by atoms with Crippen molar-refractivity contribution in [2.24, 2.45) is 0 Å². The second-order valence-corrected chi connectivity index (χ2v) is 2.87. The number of ether oxygens (including phenoxy) is 1. The number of benzene rings is 1.